The molecule has 10 aromatic rings. The van der Waals surface area contributed by atoms with E-state index in [0.717, 1.165) is 50.2 Å². The molecule has 0 radical (unpaired) electrons. The van der Waals surface area contributed by atoms with Gasteiger partial charge in [-0.25, -0.2) is 4.98 Å². The van der Waals surface area contributed by atoms with E-state index in [2.05, 4.69) is 181 Å². The number of fused-ring (bicyclic) bond motifs is 7. The van der Waals surface area contributed by atoms with Gasteiger partial charge in [0.15, 0.2) is 5.58 Å². The topological polar surface area (TPSA) is 29.3 Å². The molecule has 10 rings (SSSR count). The monoisotopic (exact) mass is 638 g/mol. The third-order valence-corrected chi connectivity index (χ3v) is 9.87. The van der Waals surface area contributed by atoms with E-state index < -0.39 is 0 Å². The maximum atomic E-state index is 6.54. The Labute approximate surface area is 289 Å². The molecule has 0 aliphatic rings. The van der Waals surface area contributed by atoms with E-state index in [1.165, 1.54) is 37.7 Å². The zero-order chi connectivity index (χ0) is 33.0. The van der Waals surface area contributed by atoms with Crippen LogP contribution in [0.15, 0.2) is 186 Å². The van der Waals surface area contributed by atoms with Crippen molar-refractivity contribution in [3.8, 4) is 22.6 Å². The summed E-state index contributed by atoms with van der Waals surface area (Å²) in [6.45, 7) is 0. The molecule has 9 aromatic carbocycles. The Balaban J connectivity index is 1.05. The summed E-state index contributed by atoms with van der Waals surface area (Å²) in [5, 5.41) is 9.86. The molecule has 0 atom stereocenters. The molecule has 0 unspecified atom stereocenters. The van der Waals surface area contributed by atoms with Gasteiger partial charge in [0, 0.05) is 28.2 Å². The number of benzene rings is 9. The normalized spacial score (nSPS) is 11.6. The van der Waals surface area contributed by atoms with Gasteiger partial charge in [-0.2, -0.15) is 0 Å². The number of anilines is 3. The largest absolute Gasteiger partial charge is 0.435 e. The number of rotatable bonds is 5. The minimum Gasteiger partial charge on any atom is -0.435 e. The smallest absolute Gasteiger partial charge is 0.227 e. The average Bonchev–Trinajstić information content (AvgIpc) is 3.63. The maximum Gasteiger partial charge on any atom is 0.227 e. The molecule has 50 heavy (non-hydrogen) atoms. The first-order chi connectivity index (χ1) is 24.8. The summed E-state index contributed by atoms with van der Waals surface area (Å²) in [5.74, 6) is 0.633. The molecule has 0 fully saturated rings. The first-order valence-electron chi connectivity index (χ1n) is 17.0. The summed E-state index contributed by atoms with van der Waals surface area (Å²) in [4.78, 5) is 7.25. The molecule has 1 aromatic heterocycles. The number of nitrogens with zero attached hydrogens (tertiary/aromatic N) is 2. The molecule has 3 heteroatoms. The summed E-state index contributed by atoms with van der Waals surface area (Å²) in [6.07, 6.45) is 0. The Bertz CT molecular complexity index is 2870. The molecule has 0 saturated carbocycles. The van der Waals surface area contributed by atoms with Gasteiger partial charge in [-0.15, -0.1) is 0 Å². The summed E-state index contributed by atoms with van der Waals surface area (Å²) in [7, 11) is 0. The van der Waals surface area contributed by atoms with Crippen LogP contribution in [0.5, 0.6) is 0 Å². The second-order valence-corrected chi connectivity index (χ2v) is 12.8. The highest BCUT2D eigenvalue weighted by molar-refractivity contribution is 6.17. The molecular weight excluding hydrogens is 609 g/mol. The molecular formula is C47H30N2O. The molecule has 3 nitrogen and oxygen atoms in total. The van der Waals surface area contributed by atoms with Crippen LogP contribution in [-0.2, 0) is 0 Å². The molecule has 0 saturated heterocycles. The zero-order valence-electron chi connectivity index (χ0n) is 27.1. The number of para-hydroxylation sites is 2. The average molecular weight is 639 g/mol. The van der Waals surface area contributed by atoms with Crippen LogP contribution in [0, 0.1) is 0 Å². The standard InChI is InChI=1S/C47H30N2O/c1-2-13-35(14-3-1)49(37-26-29-40-34(30-37)23-28-42-38-15-6-5-11-32(38)22-27-43(40)42)36-24-20-33(21-25-36)41-17-9-19-45-46(41)50-47(48-45)44-18-8-12-31-10-4-7-16-39(31)44/h1-30H. The highest BCUT2D eigenvalue weighted by atomic mass is 16.3. The van der Waals surface area contributed by atoms with Gasteiger partial charge in [0.25, 0.3) is 0 Å². The minimum absolute atomic E-state index is 0.633. The Hall–Kier alpha value is -6.71. The Morgan fingerprint density at radius 1 is 0.380 bits per heavy atom. The number of hydrogen-bond donors (Lipinski definition) is 0. The summed E-state index contributed by atoms with van der Waals surface area (Å²) in [6, 6.07) is 64.5. The third-order valence-electron chi connectivity index (χ3n) is 9.87. The van der Waals surface area contributed by atoms with Crippen molar-refractivity contribution in [1.29, 1.82) is 0 Å². The molecule has 0 aliphatic heterocycles. The SMILES string of the molecule is c1ccc(N(c2ccc(-c3cccc4nc(-c5cccc6ccccc56)oc34)cc2)c2ccc3c(ccc4c5ccccc5ccc34)c2)cc1. The van der Waals surface area contributed by atoms with Gasteiger partial charge in [0.05, 0.1) is 0 Å². The van der Waals surface area contributed by atoms with Crippen LogP contribution in [0.25, 0.3) is 76.8 Å². The fourth-order valence-electron chi connectivity index (χ4n) is 7.47. The number of aromatic nitrogens is 1. The van der Waals surface area contributed by atoms with E-state index in [1.54, 1.807) is 0 Å². The van der Waals surface area contributed by atoms with Crippen molar-refractivity contribution in [3.05, 3.63) is 182 Å². The van der Waals surface area contributed by atoms with Gasteiger partial charge in [-0.1, -0.05) is 133 Å². The first-order valence-corrected chi connectivity index (χ1v) is 17.0. The van der Waals surface area contributed by atoms with Crippen LogP contribution in [0.1, 0.15) is 0 Å². The van der Waals surface area contributed by atoms with Crippen LogP contribution in [0.3, 0.4) is 0 Å². The van der Waals surface area contributed by atoms with Crippen molar-refractivity contribution in [2.75, 3.05) is 4.90 Å². The van der Waals surface area contributed by atoms with Gasteiger partial charge >= 0.3 is 0 Å². The second-order valence-electron chi connectivity index (χ2n) is 12.8. The van der Waals surface area contributed by atoms with E-state index in [-0.39, 0.29) is 0 Å². The van der Waals surface area contributed by atoms with Gasteiger partial charge in [-0.3, -0.25) is 0 Å². The van der Waals surface area contributed by atoms with E-state index in [0.29, 0.717) is 5.89 Å². The van der Waals surface area contributed by atoms with Crippen molar-refractivity contribution in [1.82, 2.24) is 4.98 Å². The zero-order valence-corrected chi connectivity index (χ0v) is 27.1. The fourth-order valence-corrected chi connectivity index (χ4v) is 7.47. The lowest BCUT2D eigenvalue weighted by Crippen LogP contribution is -2.09. The lowest BCUT2D eigenvalue weighted by atomic mass is 9.96. The van der Waals surface area contributed by atoms with Crippen molar-refractivity contribution in [2.45, 2.75) is 0 Å². The first kappa shape index (κ1) is 28.3. The molecule has 1 heterocycles. The van der Waals surface area contributed by atoms with E-state index in [4.69, 9.17) is 9.40 Å². The van der Waals surface area contributed by atoms with Crippen molar-refractivity contribution in [3.63, 3.8) is 0 Å². The Morgan fingerprint density at radius 3 is 1.78 bits per heavy atom. The summed E-state index contributed by atoms with van der Waals surface area (Å²) in [5.41, 5.74) is 8.00. The molecule has 234 valence electrons. The lowest BCUT2D eigenvalue weighted by molar-refractivity contribution is 0.621. The second kappa shape index (κ2) is 11.5. The summed E-state index contributed by atoms with van der Waals surface area (Å²) >= 11 is 0. The van der Waals surface area contributed by atoms with Gasteiger partial charge in [0.1, 0.15) is 5.52 Å². The molecule has 0 N–H and O–H groups in total. The van der Waals surface area contributed by atoms with Crippen LogP contribution in [-0.4, -0.2) is 4.98 Å². The minimum atomic E-state index is 0.633. The maximum absolute atomic E-state index is 6.54. The Morgan fingerprint density at radius 2 is 0.960 bits per heavy atom. The van der Waals surface area contributed by atoms with Gasteiger partial charge in [-0.05, 0) is 97.2 Å². The highest BCUT2D eigenvalue weighted by Gasteiger charge is 2.17. The lowest BCUT2D eigenvalue weighted by Gasteiger charge is -2.26. The molecule has 0 bridgehead atoms. The van der Waals surface area contributed by atoms with Crippen LogP contribution >= 0.6 is 0 Å². The van der Waals surface area contributed by atoms with E-state index >= 15 is 0 Å². The molecule has 0 aliphatic carbocycles. The third kappa shape index (κ3) is 4.63. The van der Waals surface area contributed by atoms with Crippen LogP contribution < -0.4 is 4.90 Å². The predicted molar refractivity (Wildman–Crippen MR) is 210 cm³/mol. The molecule has 0 spiro atoms. The van der Waals surface area contributed by atoms with Crippen molar-refractivity contribution in [2.24, 2.45) is 0 Å². The van der Waals surface area contributed by atoms with Gasteiger partial charge < -0.3 is 9.32 Å². The van der Waals surface area contributed by atoms with E-state index in [9.17, 15) is 0 Å². The highest BCUT2D eigenvalue weighted by Crippen LogP contribution is 2.40. The Kier molecular flexibility index (Phi) is 6.49. The van der Waals surface area contributed by atoms with Crippen LogP contribution in [0.4, 0.5) is 17.1 Å². The quantitative estimate of drug-likeness (QED) is 0.176. The van der Waals surface area contributed by atoms with Crippen molar-refractivity contribution < 1.29 is 4.42 Å². The van der Waals surface area contributed by atoms with Gasteiger partial charge in [0.2, 0.25) is 5.89 Å². The predicted octanol–water partition coefficient (Wildman–Crippen LogP) is 13.2. The number of oxazole rings is 1. The van der Waals surface area contributed by atoms with Crippen molar-refractivity contribution >= 4 is 71.3 Å². The summed E-state index contributed by atoms with van der Waals surface area (Å²) < 4.78 is 6.54. The van der Waals surface area contributed by atoms with E-state index in [1.807, 2.05) is 6.07 Å². The number of hydrogen-bond acceptors (Lipinski definition) is 3. The van der Waals surface area contributed by atoms with Crippen LogP contribution in [0.2, 0.25) is 0 Å². The fraction of sp³-hybridized carbons (Fsp3) is 0. The molecule has 0 amide bonds.